The Morgan fingerprint density at radius 2 is 2.00 bits per heavy atom. The summed E-state index contributed by atoms with van der Waals surface area (Å²) in [6.45, 7) is 0.171. The fraction of sp³-hybridized carbons (Fsp3) is 0.727. The van der Waals surface area contributed by atoms with E-state index < -0.39 is 10.0 Å². The van der Waals surface area contributed by atoms with Crippen molar-refractivity contribution in [2.24, 2.45) is 17.6 Å². The van der Waals surface area contributed by atoms with E-state index in [4.69, 9.17) is 5.73 Å². The van der Waals surface area contributed by atoms with Gasteiger partial charge in [-0.15, -0.1) is 0 Å². The molecule has 0 amide bonds. The molecule has 0 bridgehead atoms. The number of sulfonamides is 1. The maximum Gasteiger partial charge on any atom is 0.258 e. The molecule has 2 aliphatic rings. The highest BCUT2D eigenvalue weighted by Gasteiger charge is 2.43. The highest BCUT2D eigenvalue weighted by Crippen LogP contribution is 2.45. The van der Waals surface area contributed by atoms with Gasteiger partial charge < -0.3 is 5.73 Å². The van der Waals surface area contributed by atoms with Crippen LogP contribution in [-0.2, 0) is 16.6 Å². The standard InChI is InChI=1S/C11H18N4O2S/c12-5-9-6-13-14-11(9)18(16,17)15-10(7-1-2-7)8-3-4-8/h6-8,10,15H,1-5,12H2,(H,13,14). The van der Waals surface area contributed by atoms with E-state index in [2.05, 4.69) is 14.9 Å². The third-order valence-corrected chi connectivity index (χ3v) is 5.19. The van der Waals surface area contributed by atoms with Gasteiger partial charge in [0.1, 0.15) is 0 Å². The van der Waals surface area contributed by atoms with Gasteiger partial charge in [-0.05, 0) is 37.5 Å². The monoisotopic (exact) mass is 270 g/mol. The summed E-state index contributed by atoms with van der Waals surface area (Å²) in [5.74, 6) is 1.05. The van der Waals surface area contributed by atoms with Crippen molar-refractivity contribution >= 4 is 10.0 Å². The quantitative estimate of drug-likeness (QED) is 0.693. The number of aromatic nitrogens is 2. The molecular weight excluding hydrogens is 252 g/mol. The summed E-state index contributed by atoms with van der Waals surface area (Å²) in [6, 6.07) is 0.101. The van der Waals surface area contributed by atoms with E-state index in [1.165, 1.54) is 6.20 Å². The molecule has 18 heavy (non-hydrogen) atoms. The van der Waals surface area contributed by atoms with Crippen LogP contribution in [0.25, 0.3) is 0 Å². The molecule has 0 aromatic carbocycles. The molecule has 0 aliphatic heterocycles. The molecule has 2 saturated carbocycles. The molecule has 6 nitrogen and oxygen atoms in total. The SMILES string of the molecule is NCc1cn[nH]c1S(=O)(=O)NC(C1CC1)C1CC1. The van der Waals surface area contributed by atoms with Crippen LogP contribution in [0.15, 0.2) is 11.2 Å². The predicted molar refractivity (Wildman–Crippen MR) is 66.0 cm³/mol. The highest BCUT2D eigenvalue weighted by atomic mass is 32.2. The zero-order valence-corrected chi connectivity index (χ0v) is 10.9. The van der Waals surface area contributed by atoms with Gasteiger partial charge in [0.05, 0.1) is 6.20 Å². The number of hydrogen-bond acceptors (Lipinski definition) is 4. The zero-order valence-electron chi connectivity index (χ0n) is 10.1. The fourth-order valence-electron chi connectivity index (χ4n) is 2.40. The second-order valence-corrected chi connectivity index (χ2v) is 6.90. The van der Waals surface area contributed by atoms with E-state index in [0.29, 0.717) is 17.4 Å². The third-order valence-electron chi connectivity index (χ3n) is 3.72. The van der Waals surface area contributed by atoms with Crippen molar-refractivity contribution in [2.45, 2.75) is 43.3 Å². The molecule has 0 spiro atoms. The molecular formula is C11H18N4O2S. The zero-order chi connectivity index (χ0) is 12.8. The number of nitrogens with two attached hydrogens (primary N) is 1. The average molecular weight is 270 g/mol. The van der Waals surface area contributed by atoms with Crippen molar-refractivity contribution in [3.05, 3.63) is 11.8 Å². The molecule has 1 aromatic rings. The Morgan fingerprint density at radius 3 is 2.50 bits per heavy atom. The van der Waals surface area contributed by atoms with Crippen LogP contribution in [0.5, 0.6) is 0 Å². The van der Waals surface area contributed by atoms with Gasteiger partial charge in [0.15, 0.2) is 5.03 Å². The summed E-state index contributed by atoms with van der Waals surface area (Å²) < 4.78 is 27.5. The summed E-state index contributed by atoms with van der Waals surface area (Å²) in [5.41, 5.74) is 6.05. The largest absolute Gasteiger partial charge is 0.326 e. The van der Waals surface area contributed by atoms with E-state index >= 15 is 0 Å². The summed E-state index contributed by atoms with van der Waals surface area (Å²) >= 11 is 0. The molecule has 0 atom stereocenters. The Bertz CT molecular complexity index is 519. The number of nitrogens with one attached hydrogen (secondary N) is 2. The second kappa shape index (κ2) is 4.32. The third kappa shape index (κ3) is 2.30. The van der Waals surface area contributed by atoms with Crippen molar-refractivity contribution in [3.8, 4) is 0 Å². The normalized spacial score (nSPS) is 20.6. The van der Waals surface area contributed by atoms with Crippen LogP contribution >= 0.6 is 0 Å². The van der Waals surface area contributed by atoms with Gasteiger partial charge in [-0.3, -0.25) is 5.10 Å². The van der Waals surface area contributed by atoms with Crippen LogP contribution in [0.2, 0.25) is 0 Å². The van der Waals surface area contributed by atoms with Crippen LogP contribution in [-0.4, -0.2) is 24.7 Å². The summed E-state index contributed by atoms with van der Waals surface area (Å²) in [5, 5.41) is 6.43. The number of H-pyrrole nitrogens is 1. The van der Waals surface area contributed by atoms with Gasteiger partial charge in [-0.1, -0.05) is 0 Å². The van der Waals surface area contributed by atoms with Crippen LogP contribution in [0, 0.1) is 11.8 Å². The van der Waals surface area contributed by atoms with Crippen LogP contribution in [0.4, 0.5) is 0 Å². The number of aromatic amines is 1. The molecule has 100 valence electrons. The summed E-state index contributed by atoms with van der Waals surface area (Å²) in [6.07, 6.45) is 6.01. The maximum absolute atomic E-state index is 12.3. The first kappa shape index (κ1) is 12.1. The van der Waals surface area contributed by atoms with Gasteiger partial charge in [-0.25, -0.2) is 13.1 Å². The Morgan fingerprint density at radius 1 is 1.39 bits per heavy atom. The van der Waals surface area contributed by atoms with E-state index in [9.17, 15) is 8.42 Å². The van der Waals surface area contributed by atoms with Gasteiger partial charge in [0.2, 0.25) is 0 Å². The summed E-state index contributed by atoms with van der Waals surface area (Å²) in [7, 11) is -3.52. The van der Waals surface area contributed by atoms with Crippen LogP contribution < -0.4 is 10.5 Å². The van der Waals surface area contributed by atoms with Gasteiger partial charge in [-0.2, -0.15) is 5.10 Å². The number of rotatable bonds is 6. The minimum Gasteiger partial charge on any atom is -0.326 e. The molecule has 0 radical (unpaired) electrons. The number of nitrogens with zero attached hydrogens (tertiary/aromatic N) is 1. The van der Waals surface area contributed by atoms with E-state index in [1.54, 1.807) is 0 Å². The lowest BCUT2D eigenvalue weighted by Crippen LogP contribution is -2.38. The van der Waals surface area contributed by atoms with Crippen LogP contribution in [0.3, 0.4) is 0 Å². The molecule has 2 aliphatic carbocycles. The number of hydrogen-bond donors (Lipinski definition) is 3. The molecule has 4 N–H and O–H groups in total. The Balaban J connectivity index is 1.81. The van der Waals surface area contributed by atoms with Crippen molar-refractivity contribution < 1.29 is 8.42 Å². The second-order valence-electron chi connectivity index (χ2n) is 5.25. The lowest BCUT2D eigenvalue weighted by molar-refractivity contribution is 0.469. The van der Waals surface area contributed by atoms with E-state index in [0.717, 1.165) is 25.7 Å². The van der Waals surface area contributed by atoms with Gasteiger partial charge in [0.25, 0.3) is 10.0 Å². The maximum atomic E-state index is 12.3. The lowest BCUT2D eigenvalue weighted by Gasteiger charge is -2.17. The minimum absolute atomic E-state index is 0.101. The molecule has 7 heteroatoms. The first-order chi connectivity index (χ1) is 8.62. The molecule has 2 fully saturated rings. The van der Waals surface area contributed by atoms with Crippen molar-refractivity contribution in [2.75, 3.05) is 0 Å². The van der Waals surface area contributed by atoms with Gasteiger partial charge in [0, 0.05) is 18.2 Å². The Kier molecular flexibility index (Phi) is 2.91. The Labute approximate surface area is 106 Å². The summed E-state index contributed by atoms with van der Waals surface area (Å²) in [4.78, 5) is 0. The van der Waals surface area contributed by atoms with E-state index in [1.807, 2.05) is 0 Å². The highest BCUT2D eigenvalue weighted by molar-refractivity contribution is 7.89. The van der Waals surface area contributed by atoms with Gasteiger partial charge >= 0.3 is 0 Å². The van der Waals surface area contributed by atoms with Crippen molar-refractivity contribution in [1.82, 2.24) is 14.9 Å². The first-order valence-corrected chi connectivity index (χ1v) is 7.85. The Hall–Kier alpha value is -0.920. The van der Waals surface area contributed by atoms with Crippen molar-refractivity contribution in [3.63, 3.8) is 0 Å². The molecule has 3 rings (SSSR count). The first-order valence-electron chi connectivity index (χ1n) is 6.36. The minimum atomic E-state index is -3.52. The molecule has 1 aromatic heterocycles. The van der Waals surface area contributed by atoms with Crippen LogP contribution in [0.1, 0.15) is 31.2 Å². The smallest absolute Gasteiger partial charge is 0.258 e. The molecule has 0 saturated heterocycles. The lowest BCUT2D eigenvalue weighted by atomic mass is 10.1. The topological polar surface area (TPSA) is 101 Å². The predicted octanol–water partition coefficient (Wildman–Crippen LogP) is 0.335. The van der Waals surface area contributed by atoms with Crippen molar-refractivity contribution in [1.29, 1.82) is 0 Å². The molecule has 1 heterocycles. The molecule has 0 unspecified atom stereocenters. The fourth-order valence-corrected chi connectivity index (χ4v) is 3.92. The van der Waals surface area contributed by atoms with E-state index in [-0.39, 0.29) is 17.6 Å². The average Bonchev–Trinajstić information content (AvgIpc) is 3.24.